The fourth-order valence-electron chi connectivity index (χ4n) is 1.96. The van der Waals surface area contributed by atoms with E-state index in [1.165, 1.54) is 0 Å². The monoisotopic (exact) mass is 316 g/mol. The minimum Gasteiger partial charge on any atom is -0.333 e. The number of benzene rings is 1. The minimum absolute atomic E-state index is 0.00491. The van der Waals surface area contributed by atoms with Crippen LogP contribution in [0.15, 0.2) is 22.7 Å². The summed E-state index contributed by atoms with van der Waals surface area (Å²) in [4.78, 5) is 14.2. The van der Waals surface area contributed by atoms with Crippen LogP contribution in [0.5, 0.6) is 0 Å². The van der Waals surface area contributed by atoms with E-state index in [9.17, 15) is 4.79 Å². The Labute approximate surface area is 114 Å². The third-order valence-electron chi connectivity index (χ3n) is 2.92. The molecule has 1 atom stereocenters. The fourth-order valence-corrected chi connectivity index (χ4v) is 2.52. The van der Waals surface area contributed by atoms with Crippen molar-refractivity contribution >= 4 is 33.4 Å². The number of carbonyl (C=O) groups is 1. The highest BCUT2D eigenvalue weighted by Crippen LogP contribution is 2.23. The highest BCUT2D eigenvalue weighted by Gasteiger charge is 2.25. The van der Waals surface area contributed by atoms with E-state index in [0.717, 1.165) is 24.1 Å². The van der Waals surface area contributed by atoms with E-state index >= 15 is 0 Å². The zero-order valence-corrected chi connectivity index (χ0v) is 11.9. The van der Waals surface area contributed by atoms with E-state index in [0.29, 0.717) is 10.6 Å². The summed E-state index contributed by atoms with van der Waals surface area (Å²) in [6, 6.07) is 5.55. The number of nitrogens with zero attached hydrogens (tertiary/aromatic N) is 1. The first-order valence-corrected chi connectivity index (χ1v) is 6.73. The number of carbonyl (C=O) groups excluding carboxylic acids is 1. The molecule has 5 heteroatoms. The molecular weight excluding hydrogens is 304 g/mol. The molecule has 17 heavy (non-hydrogen) atoms. The van der Waals surface area contributed by atoms with Gasteiger partial charge < -0.3 is 10.2 Å². The number of amides is 1. The van der Waals surface area contributed by atoms with Crippen molar-refractivity contribution in [2.45, 2.75) is 13.0 Å². The molecule has 1 amide bonds. The van der Waals surface area contributed by atoms with Gasteiger partial charge in [-0.15, -0.1) is 0 Å². The van der Waals surface area contributed by atoms with Crippen molar-refractivity contribution in [1.29, 1.82) is 0 Å². The van der Waals surface area contributed by atoms with Gasteiger partial charge in [0.1, 0.15) is 0 Å². The summed E-state index contributed by atoms with van der Waals surface area (Å²) in [6.07, 6.45) is 0. The fraction of sp³-hybridized carbons (Fsp3) is 0.417. The summed E-state index contributed by atoms with van der Waals surface area (Å²) >= 11 is 9.44. The van der Waals surface area contributed by atoms with E-state index < -0.39 is 0 Å². The van der Waals surface area contributed by atoms with Crippen molar-refractivity contribution in [2.75, 3.05) is 19.6 Å². The van der Waals surface area contributed by atoms with Gasteiger partial charge in [-0.2, -0.15) is 0 Å². The number of nitrogens with one attached hydrogen (secondary N) is 1. The molecule has 1 fully saturated rings. The van der Waals surface area contributed by atoms with E-state index in [1.807, 2.05) is 17.9 Å². The normalized spacial score (nSPS) is 20.4. The minimum atomic E-state index is 0.00491. The lowest BCUT2D eigenvalue weighted by atomic mass is 10.1. The molecule has 1 aliphatic heterocycles. The van der Waals surface area contributed by atoms with Gasteiger partial charge >= 0.3 is 0 Å². The Morgan fingerprint density at radius 2 is 2.35 bits per heavy atom. The van der Waals surface area contributed by atoms with E-state index in [1.54, 1.807) is 12.1 Å². The molecule has 0 saturated carbocycles. The van der Waals surface area contributed by atoms with Crippen LogP contribution >= 0.6 is 27.5 Å². The van der Waals surface area contributed by atoms with Gasteiger partial charge in [-0.3, -0.25) is 4.79 Å². The Morgan fingerprint density at radius 1 is 1.59 bits per heavy atom. The predicted octanol–water partition coefficient (Wildman–Crippen LogP) is 2.54. The van der Waals surface area contributed by atoms with E-state index in [2.05, 4.69) is 21.2 Å². The molecule has 1 aromatic rings. The Morgan fingerprint density at radius 3 is 3.06 bits per heavy atom. The average molecular weight is 318 g/mol. The van der Waals surface area contributed by atoms with Crippen molar-refractivity contribution in [3.05, 3.63) is 33.3 Å². The molecular formula is C12H14BrClN2O. The second kappa shape index (κ2) is 5.38. The van der Waals surface area contributed by atoms with E-state index in [4.69, 9.17) is 11.6 Å². The molecule has 0 aromatic heterocycles. The van der Waals surface area contributed by atoms with Crippen molar-refractivity contribution in [1.82, 2.24) is 10.2 Å². The van der Waals surface area contributed by atoms with Crippen LogP contribution in [0.3, 0.4) is 0 Å². The Balaban J connectivity index is 2.26. The maximum Gasteiger partial charge on any atom is 0.255 e. The van der Waals surface area contributed by atoms with Crippen LogP contribution in [0.25, 0.3) is 0 Å². The summed E-state index contributed by atoms with van der Waals surface area (Å²) in [5.41, 5.74) is 0.565. The summed E-state index contributed by atoms with van der Waals surface area (Å²) in [6.45, 7) is 4.43. The largest absolute Gasteiger partial charge is 0.333 e. The van der Waals surface area contributed by atoms with Gasteiger partial charge in [0.25, 0.3) is 5.91 Å². The smallest absolute Gasteiger partial charge is 0.255 e. The topological polar surface area (TPSA) is 32.3 Å². The lowest BCUT2D eigenvalue weighted by Crippen LogP contribution is -2.52. The molecule has 2 rings (SSSR count). The first-order valence-electron chi connectivity index (χ1n) is 5.56. The van der Waals surface area contributed by atoms with Crippen molar-refractivity contribution < 1.29 is 4.79 Å². The standard InChI is InChI=1S/C12H14BrClN2O/c1-8-7-15-4-5-16(8)12(17)10-6-9(13)2-3-11(10)14/h2-3,6,8,15H,4-5,7H2,1H3/t8-/m0/s1. The molecule has 0 spiro atoms. The molecule has 1 aliphatic rings. The summed E-state index contributed by atoms with van der Waals surface area (Å²) in [5.74, 6) is 0.00491. The highest BCUT2D eigenvalue weighted by molar-refractivity contribution is 9.10. The number of hydrogen-bond acceptors (Lipinski definition) is 2. The van der Waals surface area contributed by atoms with Gasteiger partial charge in [-0.25, -0.2) is 0 Å². The third kappa shape index (κ3) is 2.81. The van der Waals surface area contributed by atoms with Gasteiger partial charge in [-0.1, -0.05) is 27.5 Å². The molecule has 1 N–H and O–H groups in total. The maximum absolute atomic E-state index is 12.4. The van der Waals surface area contributed by atoms with Crippen LogP contribution in [0.1, 0.15) is 17.3 Å². The number of piperazine rings is 1. The van der Waals surface area contributed by atoms with Gasteiger partial charge in [0.15, 0.2) is 0 Å². The van der Waals surface area contributed by atoms with Crippen LogP contribution in [0.4, 0.5) is 0 Å². The van der Waals surface area contributed by atoms with Gasteiger partial charge in [-0.05, 0) is 25.1 Å². The van der Waals surface area contributed by atoms with Crippen molar-refractivity contribution in [3.8, 4) is 0 Å². The average Bonchev–Trinajstić information content (AvgIpc) is 2.32. The summed E-state index contributed by atoms with van der Waals surface area (Å²) in [5, 5.41) is 3.76. The number of rotatable bonds is 1. The predicted molar refractivity (Wildman–Crippen MR) is 72.5 cm³/mol. The lowest BCUT2D eigenvalue weighted by molar-refractivity contribution is 0.0656. The third-order valence-corrected chi connectivity index (χ3v) is 3.74. The summed E-state index contributed by atoms with van der Waals surface area (Å²) in [7, 11) is 0. The lowest BCUT2D eigenvalue weighted by Gasteiger charge is -2.34. The molecule has 0 unspecified atom stereocenters. The molecule has 0 bridgehead atoms. The molecule has 1 heterocycles. The number of halogens is 2. The SMILES string of the molecule is C[C@H]1CNCCN1C(=O)c1cc(Br)ccc1Cl. The van der Waals surface area contributed by atoms with Crippen LogP contribution in [0.2, 0.25) is 5.02 Å². The summed E-state index contributed by atoms with van der Waals surface area (Å²) < 4.78 is 0.869. The molecule has 1 aromatic carbocycles. The van der Waals surface area contributed by atoms with Crippen LogP contribution in [0, 0.1) is 0 Å². The maximum atomic E-state index is 12.4. The molecule has 92 valence electrons. The second-order valence-corrected chi connectivity index (χ2v) is 5.50. The molecule has 0 aliphatic carbocycles. The zero-order chi connectivity index (χ0) is 12.4. The second-order valence-electron chi connectivity index (χ2n) is 4.18. The first kappa shape index (κ1) is 12.9. The van der Waals surface area contributed by atoms with E-state index in [-0.39, 0.29) is 11.9 Å². The van der Waals surface area contributed by atoms with Crippen molar-refractivity contribution in [3.63, 3.8) is 0 Å². The van der Waals surface area contributed by atoms with Gasteiger partial charge in [0.05, 0.1) is 10.6 Å². The molecule has 0 radical (unpaired) electrons. The Bertz CT molecular complexity index is 439. The van der Waals surface area contributed by atoms with Crippen LogP contribution in [-0.2, 0) is 0 Å². The van der Waals surface area contributed by atoms with Crippen molar-refractivity contribution in [2.24, 2.45) is 0 Å². The Hall–Kier alpha value is -0.580. The first-order chi connectivity index (χ1) is 8.09. The van der Waals surface area contributed by atoms with Crippen LogP contribution < -0.4 is 5.32 Å². The van der Waals surface area contributed by atoms with Gasteiger partial charge in [0.2, 0.25) is 0 Å². The molecule has 3 nitrogen and oxygen atoms in total. The van der Waals surface area contributed by atoms with Crippen LogP contribution in [-0.4, -0.2) is 36.5 Å². The zero-order valence-electron chi connectivity index (χ0n) is 9.54. The Kier molecular flexibility index (Phi) is 4.07. The quantitative estimate of drug-likeness (QED) is 0.863. The van der Waals surface area contributed by atoms with Gasteiger partial charge in [0, 0.05) is 30.1 Å². The highest BCUT2D eigenvalue weighted by atomic mass is 79.9. The number of hydrogen-bond donors (Lipinski definition) is 1. The molecule has 1 saturated heterocycles.